The molecular formula is C29H38N4O2S. The molecule has 0 bridgehead atoms. The Hall–Kier alpha value is -2.22. The van der Waals surface area contributed by atoms with Crippen molar-refractivity contribution in [2.75, 3.05) is 32.4 Å². The minimum Gasteiger partial charge on any atom is -0.338 e. The van der Waals surface area contributed by atoms with Gasteiger partial charge in [-0.05, 0) is 112 Å². The second-order valence-electron chi connectivity index (χ2n) is 12.0. The van der Waals surface area contributed by atoms with E-state index < -0.39 is 9.84 Å². The zero-order chi connectivity index (χ0) is 25.2. The quantitative estimate of drug-likeness (QED) is 0.528. The summed E-state index contributed by atoms with van der Waals surface area (Å²) >= 11 is 0. The van der Waals surface area contributed by atoms with E-state index in [1.54, 1.807) is 12.1 Å². The van der Waals surface area contributed by atoms with Gasteiger partial charge in [0, 0.05) is 37.0 Å². The molecule has 1 N–H and O–H groups in total. The predicted molar refractivity (Wildman–Crippen MR) is 145 cm³/mol. The maximum absolute atomic E-state index is 11.8. The highest BCUT2D eigenvalue weighted by Gasteiger charge is 2.54. The van der Waals surface area contributed by atoms with Crippen molar-refractivity contribution in [3.05, 3.63) is 47.5 Å². The van der Waals surface area contributed by atoms with Crippen LogP contribution in [0.5, 0.6) is 0 Å². The Bertz CT molecular complexity index is 1370. The molecule has 0 radical (unpaired) electrons. The lowest BCUT2D eigenvalue weighted by molar-refractivity contribution is -0.122. The molecule has 7 heteroatoms. The summed E-state index contributed by atoms with van der Waals surface area (Å²) in [5.74, 6) is 1.38. The molecule has 3 heterocycles. The zero-order valence-corrected chi connectivity index (χ0v) is 22.7. The normalized spacial score (nSPS) is 21.8. The van der Waals surface area contributed by atoms with Gasteiger partial charge in [0.2, 0.25) is 0 Å². The monoisotopic (exact) mass is 506 g/mol. The third kappa shape index (κ3) is 4.29. The van der Waals surface area contributed by atoms with Gasteiger partial charge in [-0.3, -0.25) is 4.90 Å². The Kier molecular flexibility index (Phi) is 5.82. The number of nitrogens with zero attached hydrogens (tertiary/aromatic N) is 3. The van der Waals surface area contributed by atoms with Gasteiger partial charge in [0.05, 0.1) is 15.9 Å². The van der Waals surface area contributed by atoms with Gasteiger partial charge in [0.25, 0.3) is 0 Å². The number of H-pyrrole nitrogens is 1. The number of hydrogen-bond donors (Lipinski definition) is 1. The van der Waals surface area contributed by atoms with Crippen LogP contribution >= 0.6 is 0 Å². The first-order valence-corrected chi connectivity index (χ1v) is 15.3. The molecule has 1 aliphatic carbocycles. The van der Waals surface area contributed by atoms with Crippen LogP contribution in [0.1, 0.15) is 56.6 Å². The average molecular weight is 507 g/mol. The van der Waals surface area contributed by atoms with Crippen LogP contribution in [0.25, 0.3) is 22.4 Å². The highest BCUT2D eigenvalue weighted by Crippen LogP contribution is 2.51. The fourth-order valence-electron chi connectivity index (χ4n) is 6.79. The molecule has 0 unspecified atom stereocenters. The van der Waals surface area contributed by atoms with E-state index in [1.807, 2.05) is 12.1 Å². The number of likely N-dealkylation sites (tertiary alicyclic amines) is 2. The van der Waals surface area contributed by atoms with Gasteiger partial charge in [-0.2, -0.15) is 0 Å². The molecule has 192 valence electrons. The lowest BCUT2D eigenvalue weighted by Crippen LogP contribution is -2.68. The second-order valence-corrected chi connectivity index (χ2v) is 14.0. The minimum absolute atomic E-state index is 0.328. The summed E-state index contributed by atoms with van der Waals surface area (Å²) in [5, 5.41) is 0. The molecule has 1 spiro atoms. The Balaban J connectivity index is 1.11. The van der Waals surface area contributed by atoms with Crippen LogP contribution < -0.4 is 0 Å². The molecule has 2 aromatic carbocycles. The zero-order valence-electron chi connectivity index (χ0n) is 21.9. The summed E-state index contributed by atoms with van der Waals surface area (Å²) in [6.45, 7) is 11.8. The predicted octanol–water partition coefficient (Wildman–Crippen LogP) is 4.99. The summed E-state index contributed by atoms with van der Waals surface area (Å²) < 4.78 is 23.6. The largest absolute Gasteiger partial charge is 0.338 e. The van der Waals surface area contributed by atoms with Crippen molar-refractivity contribution in [3.63, 3.8) is 0 Å². The number of sulfone groups is 1. The fraction of sp³-hybridized carbons (Fsp3) is 0.552. The topological polar surface area (TPSA) is 69.3 Å². The summed E-state index contributed by atoms with van der Waals surface area (Å²) in [4.78, 5) is 14.0. The average Bonchev–Trinajstić information content (AvgIpc) is 3.22. The van der Waals surface area contributed by atoms with Crippen LogP contribution in [0.4, 0.5) is 0 Å². The number of nitrogens with one attached hydrogen (secondary N) is 1. The van der Waals surface area contributed by atoms with Crippen LogP contribution in [-0.4, -0.2) is 72.7 Å². The van der Waals surface area contributed by atoms with Gasteiger partial charge >= 0.3 is 0 Å². The van der Waals surface area contributed by atoms with Crippen molar-refractivity contribution >= 4 is 20.9 Å². The van der Waals surface area contributed by atoms with Gasteiger partial charge in [-0.1, -0.05) is 6.07 Å². The van der Waals surface area contributed by atoms with E-state index in [-0.39, 0.29) is 0 Å². The van der Waals surface area contributed by atoms with E-state index in [9.17, 15) is 8.42 Å². The van der Waals surface area contributed by atoms with Crippen molar-refractivity contribution in [3.8, 4) is 11.4 Å². The summed E-state index contributed by atoms with van der Waals surface area (Å²) in [7, 11) is -3.20. The molecular weight excluding hydrogens is 468 g/mol. The number of hydrogen-bond acceptors (Lipinski definition) is 5. The summed E-state index contributed by atoms with van der Waals surface area (Å²) in [5.41, 5.74) is 6.20. The standard InChI is InChI=1S/C29H38N4O2S/c1-19(2)33-17-29(18-33)15-24(16-29)32-11-9-21(10-12-32)23-13-20(3)27-26(14-23)30-28(31-27)22-5-7-25(8-6-22)36(4,34)35/h5-8,13-14,19,21,24H,9-12,15-18H2,1-4H3,(H,30,31). The molecule has 3 aliphatic rings. The van der Waals surface area contributed by atoms with E-state index in [0.717, 1.165) is 28.5 Å². The SMILES string of the molecule is Cc1cc(C2CCN(C3CC4(C3)CN(C(C)C)C4)CC2)cc2[nH]c(-c3ccc(S(C)(=O)=O)cc3)nc12. The molecule has 0 amide bonds. The van der Waals surface area contributed by atoms with Crippen molar-refractivity contribution in [1.29, 1.82) is 0 Å². The molecule has 36 heavy (non-hydrogen) atoms. The van der Waals surface area contributed by atoms with Crippen LogP contribution in [-0.2, 0) is 9.84 Å². The first kappa shape index (κ1) is 24.1. The van der Waals surface area contributed by atoms with Gasteiger partial charge in [-0.25, -0.2) is 13.4 Å². The molecule has 2 aliphatic heterocycles. The van der Waals surface area contributed by atoms with E-state index in [2.05, 4.69) is 47.7 Å². The van der Waals surface area contributed by atoms with Crippen LogP contribution in [0.3, 0.4) is 0 Å². The Labute approximate surface area is 215 Å². The minimum atomic E-state index is -3.20. The van der Waals surface area contributed by atoms with Crippen LogP contribution in [0.15, 0.2) is 41.3 Å². The number of aromatic nitrogens is 2. The van der Waals surface area contributed by atoms with Gasteiger partial charge in [-0.15, -0.1) is 0 Å². The molecule has 0 atom stereocenters. The van der Waals surface area contributed by atoms with Gasteiger partial charge < -0.3 is 9.88 Å². The highest BCUT2D eigenvalue weighted by molar-refractivity contribution is 7.90. The van der Waals surface area contributed by atoms with E-state index in [0.29, 0.717) is 22.3 Å². The Morgan fingerprint density at radius 1 is 1.06 bits per heavy atom. The number of imidazole rings is 1. The first-order chi connectivity index (χ1) is 17.1. The summed E-state index contributed by atoms with van der Waals surface area (Å²) in [6, 6.07) is 13.1. The number of benzene rings is 2. The number of aromatic amines is 1. The molecule has 6 rings (SSSR count). The van der Waals surface area contributed by atoms with Crippen molar-refractivity contribution in [2.45, 2.75) is 69.4 Å². The lowest BCUT2D eigenvalue weighted by Gasteiger charge is -2.62. The van der Waals surface area contributed by atoms with E-state index >= 15 is 0 Å². The maximum atomic E-state index is 11.8. The highest BCUT2D eigenvalue weighted by atomic mass is 32.2. The smallest absolute Gasteiger partial charge is 0.175 e. The van der Waals surface area contributed by atoms with Crippen molar-refractivity contribution in [1.82, 2.24) is 19.8 Å². The molecule has 3 fully saturated rings. The molecule has 6 nitrogen and oxygen atoms in total. The lowest BCUT2D eigenvalue weighted by atomic mass is 9.59. The first-order valence-electron chi connectivity index (χ1n) is 13.4. The van der Waals surface area contributed by atoms with E-state index in [4.69, 9.17) is 4.98 Å². The Morgan fingerprint density at radius 3 is 2.33 bits per heavy atom. The summed E-state index contributed by atoms with van der Waals surface area (Å²) in [6.07, 6.45) is 6.47. The Morgan fingerprint density at radius 2 is 1.72 bits per heavy atom. The van der Waals surface area contributed by atoms with Crippen LogP contribution in [0, 0.1) is 12.3 Å². The molecule has 2 saturated heterocycles. The van der Waals surface area contributed by atoms with E-state index in [1.165, 1.54) is 69.2 Å². The molecule has 3 aromatic rings. The van der Waals surface area contributed by atoms with Crippen LogP contribution in [0.2, 0.25) is 0 Å². The number of aryl methyl sites for hydroxylation is 1. The molecule has 1 aromatic heterocycles. The van der Waals surface area contributed by atoms with Crippen molar-refractivity contribution < 1.29 is 8.42 Å². The second kappa shape index (κ2) is 8.67. The third-order valence-corrected chi connectivity index (χ3v) is 10.1. The number of rotatable bonds is 5. The number of fused-ring (bicyclic) bond motifs is 1. The molecule has 1 saturated carbocycles. The maximum Gasteiger partial charge on any atom is 0.175 e. The van der Waals surface area contributed by atoms with Gasteiger partial charge in [0.1, 0.15) is 5.82 Å². The van der Waals surface area contributed by atoms with Crippen molar-refractivity contribution in [2.24, 2.45) is 5.41 Å². The van der Waals surface area contributed by atoms with Gasteiger partial charge in [0.15, 0.2) is 9.84 Å². The fourth-order valence-corrected chi connectivity index (χ4v) is 7.42. The number of piperidine rings is 1. The third-order valence-electron chi connectivity index (χ3n) is 9.02.